The molecule has 1 aromatic carbocycles. The summed E-state index contributed by atoms with van der Waals surface area (Å²) in [7, 11) is 1.80. The molecular formula is C12H11ClFN3. The van der Waals surface area contributed by atoms with Crippen molar-refractivity contribution in [1.82, 2.24) is 15.3 Å². The van der Waals surface area contributed by atoms with E-state index < -0.39 is 5.82 Å². The molecule has 0 aliphatic carbocycles. The first-order valence-corrected chi connectivity index (χ1v) is 5.47. The van der Waals surface area contributed by atoms with Gasteiger partial charge in [-0.3, -0.25) is 0 Å². The first-order valence-electron chi connectivity index (χ1n) is 5.09. The highest BCUT2D eigenvalue weighted by Crippen LogP contribution is 2.24. The summed E-state index contributed by atoms with van der Waals surface area (Å²) >= 11 is 5.65. The molecule has 0 spiro atoms. The van der Waals surface area contributed by atoms with E-state index in [0.29, 0.717) is 0 Å². The highest BCUT2D eigenvalue weighted by atomic mass is 35.5. The van der Waals surface area contributed by atoms with Crippen LogP contribution < -0.4 is 5.32 Å². The summed E-state index contributed by atoms with van der Waals surface area (Å²) in [6.07, 6.45) is 4.85. The lowest BCUT2D eigenvalue weighted by Gasteiger charge is -2.16. The van der Waals surface area contributed by atoms with Crippen molar-refractivity contribution in [1.29, 1.82) is 0 Å². The molecule has 17 heavy (non-hydrogen) atoms. The van der Waals surface area contributed by atoms with Crippen LogP contribution in [-0.4, -0.2) is 17.0 Å². The van der Waals surface area contributed by atoms with Crippen LogP contribution in [0.3, 0.4) is 0 Å². The first kappa shape index (κ1) is 12.0. The van der Waals surface area contributed by atoms with E-state index in [4.69, 9.17) is 11.6 Å². The molecular weight excluding hydrogens is 241 g/mol. The van der Waals surface area contributed by atoms with Gasteiger partial charge >= 0.3 is 0 Å². The summed E-state index contributed by atoms with van der Waals surface area (Å²) in [5.74, 6) is -0.429. The Morgan fingerprint density at radius 1 is 1.24 bits per heavy atom. The third-order valence-corrected chi connectivity index (χ3v) is 2.79. The second-order valence-corrected chi connectivity index (χ2v) is 3.97. The number of halogens is 2. The van der Waals surface area contributed by atoms with E-state index >= 15 is 0 Å². The lowest BCUT2D eigenvalue weighted by molar-refractivity contribution is 0.616. The maximum absolute atomic E-state index is 13.4. The Morgan fingerprint density at radius 3 is 2.53 bits per heavy atom. The minimum atomic E-state index is -0.429. The molecule has 2 rings (SSSR count). The quantitative estimate of drug-likeness (QED) is 0.911. The van der Waals surface area contributed by atoms with Crippen molar-refractivity contribution in [2.24, 2.45) is 0 Å². The monoisotopic (exact) mass is 251 g/mol. The second kappa shape index (κ2) is 5.21. The maximum Gasteiger partial charge on any atom is 0.142 e. The highest BCUT2D eigenvalue weighted by molar-refractivity contribution is 6.30. The van der Waals surface area contributed by atoms with Gasteiger partial charge in [-0.1, -0.05) is 17.7 Å². The van der Waals surface area contributed by atoms with Gasteiger partial charge in [0.05, 0.1) is 11.1 Å². The summed E-state index contributed by atoms with van der Waals surface area (Å²) in [4.78, 5) is 7.90. The molecule has 1 unspecified atom stereocenters. The zero-order valence-corrected chi connectivity index (χ0v) is 9.95. The van der Waals surface area contributed by atoms with Crippen molar-refractivity contribution < 1.29 is 4.39 Å². The molecule has 1 aromatic heterocycles. The molecule has 1 atom stereocenters. The molecule has 0 saturated heterocycles. The standard InChI is InChI=1S/C12H11ClFN3/c1-15-12(9-5-16-7-17-6-9)8-2-3-10(13)11(14)4-8/h2-7,12,15H,1H3. The highest BCUT2D eigenvalue weighted by Gasteiger charge is 2.13. The Kier molecular flexibility index (Phi) is 3.66. The molecule has 0 radical (unpaired) electrons. The summed E-state index contributed by atoms with van der Waals surface area (Å²) < 4.78 is 13.4. The van der Waals surface area contributed by atoms with Crippen LogP contribution in [0.1, 0.15) is 17.2 Å². The van der Waals surface area contributed by atoms with Gasteiger partial charge in [0, 0.05) is 18.0 Å². The molecule has 1 N–H and O–H groups in total. The molecule has 2 aromatic rings. The molecule has 0 aliphatic rings. The van der Waals surface area contributed by atoms with Gasteiger partial charge in [0.1, 0.15) is 12.1 Å². The van der Waals surface area contributed by atoms with Gasteiger partial charge in [-0.25, -0.2) is 14.4 Å². The van der Waals surface area contributed by atoms with Crippen molar-refractivity contribution >= 4 is 11.6 Å². The van der Waals surface area contributed by atoms with Crippen LogP contribution in [-0.2, 0) is 0 Å². The smallest absolute Gasteiger partial charge is 0.142 e. The molecule has 88 valence electrons. The average molecular weight is 252 g/mol. The van der Waals surface area contributed by atoms with Crippen LogP contribution in [0.5, 0.6) is 0 Å². The molecule has 0 bridgehead atoms. The van der Waals surface area contributed by atoms with Crippen LogP contribution >= 0.6 is 11.6 Å². The van der Waals surface area contributed by atoms with Crippen LogP contribution in [0.15, 0.2) is 36.9 Å². The molecule has 5 heteroatoms. The number of hydrogen-bond donors (Lipinski definition) is 1. The predicted octanol–water partition coefficient (Wildman–Crippen LogP) is 2.58. The number of nitrogens with one attached hydrogen (secondary N) is 1. The van der Waals surface area contributed by atoms with E-state index in [9.17, 15) is 4.39 Å². The van der Waals surface area contributed by atoms with Gasteiger partial charge < -0.3 is 5.32 Å². The minimum absolute atomic E-state index is 0.118. The summed E-state index contributed by atoms with van der Waals surface area (Å²) in [5, 5.41) is 3.21. The summed E-state index contributed by atoms with van der Waals surface area (Å²) in [5.41, 5.74) is 1.65. The van der Waals surface area contributed by atoms with Crippen LogP contribution in [0.25, 0.3) is 0 Å². The van der Waals surface area contributed by atoms with E-state index in [2.05, 4.69) is 15.3 Å². The molecule has 0 saturated carbocycles. The van der Waals surface area contributed by atoms with Crippen LogP contribution in [0.4, 0.5) is 4.39 Å². The van der Waals surface area contributed by atoms with Gasteiger partial charge in [-0.05, 0) is 24.7 Å². The van der Waals surface area contributed by atoms with Crippen molar-refractivity contribution in [2.45, 2.75) is 6.04 Å². The second-order valence-electron chi connectivity index (χ2n) is 3.57. The van der Waals surface area contributed by atoms with E-state index in [1.807, 2.05) is 0 Å². The SMILES string of the molecule is CNC(c1cncnc1)c1ccc(Cl)c(F)c1. The summed E-state index contributed by atoms with van der Waals surface area (Å²) in [6, 6.07) is 4.58. The van der Waals surface area contributed by atoms with E-state index in [1.165, 1.54) is 12.4 Å². The predicted molar refractivity (Wildman–Crippen MR) is 64.3 cm³/mol. The number of benzene rings is 1. The largest absolute Gasteiger partial charge is 0.309 e. The Balaban J connectivity index is 2.39. The molecule has 1 heterocycles. The minimum Gasteiger partial charge on any atom is -0.309 e. The zero-order chi connectivity index (χ0) is 12.3. The number of nitrogens with zero attached hydrogens (tertiary/aromatic N) is 2. The normalized spacial score (nSPS) is 12.4. The molecule has 0 fully saturated rings. The van der Waals surface area contributed by atoms with Crippen molar-refractivity contribution in [3.8, 4) is 0 Å². The van der Waals surface area contributed by atoms with Gasteiger partial charge in [-0.2, -0.15) is 0 Å². The number of rotatable bonds is 3. The van der Waals surface area contributed by atoms with Gasteiger partial charge in [0.15, 0.2) is 0 Å². The maximum atomic E-state index is 13.4. The van der Waals surface area contributed by atoms with Crippen molar-refractivity contribution in [3.63, 3.8) is 0 Å². The Morgan fingerprint density at radius 2 is 1.94 bits per heavy atom. The van der Waals surface area contributed by atoms with Gasteiger partial charge in [-0.15, -0.1) is 0 Å². The molecule has 3 nitrogen and oxygen atoms in total. The fourth-order valence-electron chi connectivity index (χ4n) is 1.68. The first-order chi connectivity index (χ1) is 8.22. The fourth-order valence-corrected chi connectivity index (χ4v) is 1.79. The van der Waals surface area contributed by atoms with Crippen LogP contribution in [0, 0.1) is 5.82 Å². The van der Waals surface area contributed by atoms with E-state index in [-0.39, 0.29) is 11.1 Å². The summed E-state index contributed by atoms with van der Waals surface area (Å²) in [6.45, 7) is 0. The van der Waals surface area contributed by atoms with Gasteiger partial charge in [0.25, 0.3) is 0 Å². The molecule has 0 amide bonds. The molecule has 0 aliphatic heterocycles. The Hall–Kier alpha value is -1.52. The van der Waals surface area contributed by atoms with E-state index in [0.717, 1.165) is 11.1 Å². The number of aromatic nitrogens is 2. The van der Waals surface area contributed by atoms with Gasteiger partial charge in [0.2, 0.25) is 0 Å². The van der Waals surface area contributed by atoms with Crippen molar-refractivity contribution in [2.75, 3.05) is 7.05 Å². The number of hydrogen-bond acceptors (Lipinski definition) is 3. The lowest BCUT2D eigenvalue weighted by Crippen LogP contribution is -2.18. The topological polar surface area (TPSA) is 37.8 Å². The van der Waals surface area contributed by atoms with Crippen molar-refractivity contribution in [3.05, 3.63) is 58.9 Å². The Bertz CT molecular complexity index is 504. The van der Waals surface area contributed by atoms with E-state index in [1.54, 1.807) is 31.6 Å². The third kappa shape index (κ3) is 2.60. The zero-order valence-electron chi connectivity index (χ0n) is 9.19. The average Bonchev–Trinajstić information content (AvgIpc) is 2.36. The Labute approximate surface area is 104 Å². The fraction of sp³-hybridized carbons (Fsp3) is 0.167. The lowest BCUT2D eigenvalue weighted by atomic mass is 10.0. The third-order valence-electron chi connectivity index (χ3n) is 2.48. The van der Waals surface area contributed by atoms with Crippen LogP contribution in [0.2, 0.25) is 5.02 Å².